The minimum atomic E-state index is -0.250. The van der Waals surface area contributed by atoms with Gasteiger partial charge in [-0.05, 0) is 18.9 Å². The zero-order chi connectivity index (χ0) is 14.7. The van der Waals surface area contributed by atoms with Crippen LogP contribution >= 0.6 is 0 Å². The smallest absolute Gasteiger partial charge is 0.275 e. The van der Waals surface area contributed by atoms with E-state index in [9.17, 15) is 9.59 Å². The molecule has 1 N–H and O–H groups in total. The molecule has 0 aliphatic carbocycles. The van der Waals surface area contributed by atoms with Gasteiger partial charge in [-0.2, -0.15) is 5.10 Å². The molecule has 1 fully saturated rings. The van der Waals surface area contributed by atoms with Crippen molar-refractivity contribution in [2.24, 2.45) is 0 Å². The lowest BCUT2D eigenvalue weighted by Crippen LogP contribution is -2.37. The normalized spacial score (nSPS) is 18.0. The maximum atomic E-state index is 12.2. The largest absolute Gasteiger partial charge is 0.376 e. The second-order valence-corrected chi connectivity index (χ2v) is 5.13. The summed E-state index contributed by atoms with van der Waals surface area (Å²) >= 11 is 0. The van der Waals surface area contributed by atoms with Crippen molar-refractivity contribution < 1.29 is 9.53 Å². The molecule has 1 aliphatic heterocycles. The maximum absolute atomic E-state index is 12.2. The molecule has 3 rings (SSSR count). The Labute approximate surface area is 121 Å². The Hall–Kier alpha value is -2.21. The lowest BCUT2D eigenvalue weighted by Gasteiger charge is -2.11. The molecule has 0 radical (unpaired) electrons. The van der Waals surface area contributed by atoms with Gasteiger partial charge in [0.15, 0.2) is 0 Å². The fourth-order valence-electron chi connectivity index (χ4n) is 2.47. The average molecular weight is 287 g/mol. The van der Waals surface area contributed by atoms with Crippen LogP contribution in [0.25, 0.3) is 10.8 Å². The maximum Gasteiger partial charge on any atom is 0.275 e. The van der Waals surface area contributed by atoms with Crippen LogP contribution in [-0.4, -0.2) is 34.9 Å². The number of aromatic nitrogens is 2. The first-order valence-electron chi connectivity index (χ1n) is 7.07. The highest BCUT2D eigenvalue weighted by molar-refractivity contribution is 5.81. The van der Waals surface area contributed by atoms with E-state index in [0.29, 0.717) is 11.9 Å². The molecule has 1 aliphatic rings. The number of carbonyl (C=O) groups is 1. The topological polar surface area (TPSA) is 73.2 Å². The highest BCUT2D eigenvalue weighted by atomic mass is 16.5. The number of nitrogens with zero attached hydrogens (tertiary/aromatic N) is 2. The van der Waals surface area contributed by atoms with Gasteiger partial charge >= 0.3 is 0 Å². The van der Waals surface area contributed by atoms with Crippen molar-refractivity contribution >= 4 is 16.7 Å². The van der Waals surface area contributed by atoms with E-state index in [4.69, 9.17) is 4.74 Å². The zero-order valence-electron chi connectivity index (χ0n) is 11.6. The zero-order valence-corrected chi connectivity index (χ0v) is 11.6. The number of ether oxygens (including phenoxy) is 1. The van der Waals surface area contributed by atoms with Crippen LogP contribution in [0, 0.1) is 0 Å². The number of rotatable bonds is 4. The van der Waals surface area contributed by atoms with Crippen LogP contribution in [0.4, 0.5) is 0 Å². The summed E-state index contributed by atoms with van der Waals surface area (Å²) in [4.78, 5) is 24.1. The molecule has 1 amide bonds. The number of nitrogens with one attached hydrogen (secondary N) is 1. The van der Waals surface area contributed by atoms with Gasteiger partial charge in [0, 0.05) is 18.5 Å². The third-order valence-corrected chi connectivity index (χ3v) is 3.61. The van der Waals surface area contributed by atoms with Crippen LogP contribution in [0.5, 0.6) is 0 Å². The Kier molecular flexibility index (Phi) is 3.96. The summed E-state index contributed by atoms with van der Waals surface area (Å²) in [6, 6.07) is 7.21. The number of benzene rings is 1. The van der Waals surface area contributed by atoms with E-state index in [2.05, 4.69) is 10.4 Å². The summed E-state index contributed by atoms with van der Waals surface area (Å²) < 4.78 is 6.62. The molecule has 1 aromatic heterocycles. The van der Waals surface area contributed by atoms with Gasteiger partial charge in [0.2, 0.25) is 5.91 Å². The minimum absolute atomic E-state index is 0.0730. The van der Waals surface area contributed by atoms with E-state index in [0.717, 1.165) is 24.8 Å². The SMILES string of the molecule is O=C(Cn1ncc2ccccc2c1=O)NCC1CCCO1. The minimum Gasteiger partial charge on any atom is -0.376 e. The standard InChI is InChI=1S/C15H17N3O3/c19-14(16-9-12-5-3-7-21-12)10-18-15(20)13-6-2-1-4-11(13)8-17-18/h1-2,4,6,8,12H,3,5,7,9-10H2,(H,16,19). The van der Waals surface area contributed by atoms with E-state index in [-0.39, 0.29) is 24.1 Å². The van der Waals surface area contributed by atoms with Crippen LogP contribution < -0.4 is 10.9 Å². The summed E-state index contributed by atoms with van der Waals surface area (Å²) in [6.07, 6.45) is 3.69. The van der Waals surface area contributed by atoms with Crippen LogP contribution in [0.3, 0.4) is 0 Å². The van der Waals surface area contributed by atoms with E-state index in [1.165, 1.54) is 4.68 Å². The third kappa shape index (κ3) is 3.11. The third-order valence-electron chi connectivity index (χ3n) is 3.61. The Bertz CT molecular complexity index is 705. The first-order chi connectivity index (χ1) is 10.2. The van der Waals surface area contributed by atoms with Crippen molar-refractivity contribution in [3.63, 3.8) is 0 Å². The number of hydrogen-bond acceptors (Lipinski definition) is 4. The molecule has 0 bridgehead atoms. The average Bonchev–Trinajstić information content (AvgIpc) is 3.02. The van der Waals surface area contributed by atoms with Crippen molar-refractivity contribution in [1.29, 1.82) is 0 Å². The van der Waals surface area contributed by atoms with Gasteiger partial charge in [-0.1, -0.05) is 18.2 Å². The molecule has 0 saturated carbocycles. The van der Waals surface area contributed by atoms with Crippen molar-refractivity contribution in [3.8, 4) is 0 Å². The van der Waals surface area contributed by atoms with Crippen molar-refractivity contribution in [3.05, 3.63) is 40.8 Å². The Balaban J connectivity index is 1.68. The van der Waals surface area contributed by atoms with Crippen LogP contribution in [0.15, 0.2) is 35.3 Å². The van der Waals surface area contributed by atoms with Crippen LogP contribution in [0.2, 0.25) is 0 Å². The second kappa shape index (κ2) is 6.05. The first kappa shape index (κ1) is 13.8. The van der Waals surface area contributed by atoms with Gasteiger partial charge < -0.3 is 10.1 Å². The molecular formula is C15H17N3O3. The molecule has 1 saturated heterocycles. The van der Waals surface area contributed by atoms with Crippen molar-refractivity contribution in [2.45, 2.75) is 25.5 Å². The first-order valence-corrected chi connectivity index (χ1v) is 7.07. The van der Waals surface area contributed by atoms with Gasteiger partial charge in [-0.15, -0.1) is 0 Å². The van der Waals surface area contributed by atoms with Gasteiger partial charge in [0.05, 0.1) is 17.7 Å². The Morgan fingerprint density at radius 1 is 1.43 bits per heavy atom. The van der Waals surface area contributed by atoms with Gasteiger partial charge in [-0.3, -0.25) is 9.59 Å². The number of carbonyl (C=O) groups excluding carboxylic acids is 1. The predicted molar refractivity (Wildman–Crippen MR) is 78.0 cm³/mol. The molecule has 1 unspecified atom stereocenters. The van der Waals surface area contributed by atoms with Crippen molar-refractivity contribution in [2.75, 3.05) is 13.2 Å². The van der Waals surface area contributed by atoms with Crippen molar-refractivity contribution in [1.82, 2.24) is 15.1 Å². The molecule has 6 heteroatoms. The fraction of sp³-hybridized carbons (Fsp3) is 0.400. The second-order valence-electron chi connectivity index (χ2n) is 5.13. The number of fused-ring (bicyclic) bond motifs is 1. The summed E-state index contributed by atoms with van der Waals surface area (Å²) in [5, 5.41) is 8.17. The molecule has 1 aromatic carbocycles. The van der Waals surface area contributed by atoms with Crippen LogP contribution in [0.1, 0.15) is 12.8 Å². The van der Waals surface area contributed by atoms with E-state index >= 15 is 0 Å². The van der Waals surface area contributed by atoms with E-state index in [1.807, 2.05) is 12.1 Å². The summed E-state index contributed by atoms with van der Waals surface area (Å²) in [5.74, 6) is -0.226. The molecule has 0 spiro atoms. The molecule has 110 valence electrons. The Morgan fingerprint density at radius 3 is 3.10 bits per heavy atom. The van der Waals surface area contributed by atoms with Gasteiger partial charge in [0.1, 0.15) is 6.54 Å². The van der Waals surface area contributed by atoms with E-state index in [1.54, 1.807) is 18.3 Å². The molecular weight excluding hydrogens is 270 g/mol. The molecule has 2 aromatic rings. The number of hydrogen-bond donors (Lipinski definition) is 1. The molecule has 2 heterocycles. The lowest BCUT2D eigenvalue weighted by atomic mass is 10.2. The summed E-state index contributed by atoms with van der Waals surface area (Å²) in [6.45, 7) is 1.17. The molecule has 21 heavy (non-hydrogen) atoms. The van der Waals surface area contributed by atoms with E-state index < -0.39 is 0 Å². The molecule has 6 nitrogen and oxygen atoms in total. The monoisotopic (exact) mass is 287 g/mol. The predicted octanol–water partition coefficient (Wildman–Crippen LogP) is 0.692. The number of amides is 1. The summed E-state index contributed by atoms with van der Waals surface area (Å²) in [5.41, 5.74) is -0.250. The lowest BCUT2D eigenvalue weighted by molar-refractivity contribution is -0.122. The quantitative estimate of drug-likeness (QED) is 0.898. The Morgan fingerprint density at radius 2 is 2.29 bits per heavy atom. The summed E-state index contributed by atoms with van der Waals surface area (Å²) in [7, 11) is 0. The van der Waals surface area contributed by atoms with Gasteiger partial charge in [0.25, 0.3) is 5.56 Å². The van der Waals surface area contributed by atoms with Crippen LogP contribution in [-0.2, 0) is 16.1 Å². The molecule has 1 atom stereocenters. The highest BCUT2D eigenvalue weighted by Gasteiger charge is 2.16. The fourth-order valence-corrected chi connectivity index (χ4v) is 2.47. The highest BCUT2D eigenvalue weighted by Crippen LogP contribution is 2.10. The van der Waals surface area contributed by atoms with Gasteiger partial charge in [-0.25, -0.2) is 4.68 Å².